The molecule has 2 nitrogen and oxygen atoms in total. The summed E-state index contributed by atoms with van der Waals surface area (Å²) in [6, 6.07) is 3.57. The fourth-order valence-corrected chi connectivity index (χ4v) is 1.92. The van der Waals surface area contributed by atoms with Gasteiger partial charge in [0.2, 0.25) is 0 Å². The second-order valence-corrected chi connectivity index (χ2v) is 5.12. The maximum Gasteiger partial charge on any atom is 0.417 e. The normalized spacial score (nSPS) is 11.7. The molecule has 0 aliphatic carbocycles. The number of hydrogen-bond donors (Lipinski definition) is 1. The number of hydrogen-bond acceptors (Lipinski definition) is 1. The monoisotopic (exact) mass is 323 g/mol. The predicted octanol–water partition coefficient (Wildman–Crippen LogP) is 3.85. The molecule has 0 unspecified atom stereocenters. The zero-order chi connectivity index (χ0) is 13.9. The van der Waals surface area contributed by atoms with Crippen molar-refractivity contribution in [2.75, 3.05) is 6.54 Å². The highest BCUT2D eigenvalue weighted by atomic mass is 79.9. The molecule has 0 fully saturated rings. The molecule has 18 heavy (non-hydrogen) atoms. The van der Waals surface area contributed by atoms with Crippen LogP contribution in [0.5, 0.6) is 0 Å². The molecule has 0 aliphatic rings. The Kier molecular flexibility index (Phi) is 4.78. The molecule has 0 bridgehead atoms. The van der Waals surface area contributed by atoms with Gasteiger partial charge in [-0.1, -0.05) is 19.9 Å². The summed E-state index contributed by atoms with van der Waals surface area (Å²) in [6.45, 7) is 4.06. The maximum atomic E-state index is 12.8. The van der Waals surface area contributed by atoms with Crippen LogP contribution in [0.1, 0.15) is 29.8 Å². The first-order chi connectivity index (χ1) is 8.23. The Hall–Kier alpha value is -1.04. The predicted molar refractivity (Wildman–Crippen MR) is 66.3 cm³/mol. The van der Waals surface area contributed by atoms with E-state index in [1.54, 1.807) is 0 Å². The van der Waals surface area contributed by atoms with Crippen LogP contribution in [-0.4, -0.2) is 12.5 Å². The second-order valence-electron chi connectivity index (χ2n) is 4.26. The SMILES string of the molecule is CC(C)CNC(=O)c1c(Br)cccc1C(F)(F)F. The summed E-state index contributed by atoms with van der Waals surface area (Å²) in [5.41, 5.74) is -1.30. The lowest BCUT2D eigenvalue weighted by atomic mass is 10.1. The van der Waals surface area contributed by atoms with Gasteiger partial charge >= 0.3 is 6.18 Å². The van der Waals surface area contributed by atoms with Crippen molar-refractivity contribution < 1.29 is 18.0 Å². The number of amides is 1. The molecule has 0 aliphatic heterocycles. The molecular weight excluding hydrogens is 311 g/mol. The quantitative estimate of drug-likeness (QED) is 0.899. The van der Waals surface area contributed by atoms with Crippen LogP contribution in [0.4, 0.5) is 13.2 Å². The minimum Gasteiger partial charge on any atom is -0.352 e. The number of halogens is 4. The zero-order valence-electron chi connectivity index (χ0n) is 9.94. The Morgan fingerprint density at radius 3 is 2.50 bits per heavy atom. The van der Waals surface area contributed by atoms with Gasteiger partial charge in [0.25, 0.3) is 5.91 Å². The molecule has 0 spiro atoms. The summed E-state index contributed by atoms with van der Waals surface area (Å²) in [7, 11) is 0. The minimum atomic E-state index is -4.55. The molecule has 1 aromatic carbocycles. The van der Waals surface area contributed by atoms with Gasteiger partial charge in [-0.15, -0.1) is 0 Å². The van der Waals surface area contributed by atoms with Gasteiger partial charge in [0, 0.05) is 11.0 Å². The average Bonchev–Trinajstić information content (AvgIpc) is 2.24. The van der Waals surface area contributed by atoms with Crippen LogP contribution < -0.4 is 5.32 Å². The first-order valence-electron chi connectivity index (χ1n) is 5.37. The Morgan fingerprint density at radius 1 is 1.39 bits per heavy atom. The zero-order valence-corrected chi connectivity index (χ0v) is 11.5. The van der Waals surface area contributed by atoms with E-state index >= 15 is 0 Å². The third-order valence-corrected chi connectivity index (χ3v) is 2.88. The van der Waals surface area contributed by atoms with Crippen molar-refractivity contribution in [1.29, 1.82) is 0 Å². The Morgan fingerprint density at radius 2 is 2.00 bits per heavy atom. The Balaban J connectivity index is 3.10. The Labute approximate surface area is 112 Å². The molecule has 1 N–H and O–H groups in total. The number of alkyl halides is 3. The van der Waals surface area contributed by atoms with Crippen molar-refractivity contribution >= 4 is 21.8 Å². The number of rotatable bonds is 3. The third kappa shape index (κ3) is 3.73. The fourth-order valence-electron chi connectivity index (χ4n) is 1.38. The van der Waals surface area contributed by atoms with Crippen LogP contribution in [0.25, 0.3) is 0 Å². The highest BCUT2D eigenvalue weighted by molar-refractivity contribution is 9.10. The highest BCUT2D eigenvalue weighted by Crippen LogP contribution is 2.34. The van der Waals surface area contributed by atoms with Crippen LogP contribution in [0, 0.1) is 5.92 Å². The largest absolute Gasteiger partial charge is 0.417 e. The van der Waals surface area contributed by atoms with Gasteiger partial charge in [0.1, 0.15) is 0 Å². The van der Waals surface area contributed by atoms with Gasteiger partial charge in [-0.05, 0) is 34.0 Å². The van der Waals surface area contributed by atoms with Crippen molar-refractivity contribution in [2.24, 2.45) is 5.92 Å². The van der Waals surface area contributed by atoms with Crippen molar-refractivity contribution in [3.8, 4) is 0 Å². The Bertz CT molecular complexity index is 443. The molecule has 1 aromatic rings. The summed E-state index contributed by atoms with van der Waals surface area (Å²) in [5.74, 6) is -0.547. The van der Waals surface area contributed by atoms with Gasteiger partial charge in [-0.3, -0.25) is 4.79 Å². The van der Waals surface area contributed by atoms with Gasteiger partial charge < -0.3 is 5.32 Å². The van der Waals surface area contributed by atoms with Gasteiger partial charge in [-0.25, -0.2) is 0 Å². The fraction of sp³-hybridized carbons (Fsp3) is 0.417. The van der Waals surface area contributed by atoms with Crippen LogP contribution in [-0.2, 0) is 6.18 Å². The molecule has 0 heterocycles. The van der Waals surface area contributed by atoms with Gasteiger partial charge in [-0.2, -0.15) is 13.2 Å². The van der Waals surface area contributed by atoms with Crippen LogP contribution in [0.3, 0.4) is 0 Å². The van der Waals surface area contributed by atoms with Crippen LogP contribution in [0.2, 0.25) is 0 Å². The van der Waals surface area contributed by atoms with E-state index in [1.165, 1.54) is 12.1 Å². The van der Waals surface area contributed by atoms with E-state index in [0.29, 0.717) is 6.54 Å². The lowest BCUT2D eigenvalue weighted by Crippen LogP contribution is -2.29. The molecule has 0 atom stereocenters. The summed E-state index contributed by atoms with van der Waals surface area (Å²) < 4.78 is 38.5. The van der Waals surface area contributed by atoms with Gasteiger partial charge in [0.05, 0.1) is 11.1 Å². The van der Waals surface area contributed by atoms with E-state index in [1.807, 2.05) is 13.8 Å². The molecule has 0 saturated carbocycles. The smallest absolute Gasteiger partial charge is 0.352 e. The molecule has 0 radical (unpaired) electrons. The van der Waals surface area contributed by atoms with E-state index in [0.717, 1.165) is 6.07 Å². The van der Waals surface area contributed by atoms with E-state index in [4.69, 9.17) is 0 Å². The first kappa shape index (κ1) is 15.0. The number of nitrogens with one attached hydrogen (secondary N) is 1. The summed E-state index contributed by atoms with van der Waals surface area (Å²) in [5, 5.41) is 2.48. The average molecular weight is 324 g/mol. The molecule has 100 valence electrons. The third-order valence-electron chi connectivity index (χ3n) is 2.22. The van der Waals surface area contributed by atoms with Crippen molar-refractivity contribution in [3.05, 3.63) is 33.8 Å². The van der Waals surface area contributed by atoms with Crippen molar-refractivity contribution in [1.82, 2.24) is 5.32 Å². The van der Waals surface area contributed by atoms with Crippen molar-refractivity contribution in [2.45, 2.75) is 20.0 Å². The van der Waals surface area contributed by atoms with Crippen molar-refractivity contribution in [3.63, 3.8) is 0 Å². The van der Waals surface area contributed by atoms with E-state index in [-0.39, 0.29) is 16.0 Å². The number of benzene rings is 1. The second kappa shape index (κ2) is 5.73. The van der Waals surface area contributed by atoms with Crippen LogP contribution in [0.15, 0.2) is 22.7 Å². The highest BCUT2D eigenvalue weighted by Gasteiger charge is 2.36. The lowest BCUT2D eigenvalue weighted by molar-refractivity contribution is -0.138. The molecular formula is C12H13BrF3NO. The number of carbonyl (C=O) groups excluding carboxylic acids is 1. The number of carbonyl (C=O) groups is 1. The summed E-state index contributed by atoms with van der Waals surface area (Å²) in [4.78, 5) is 11.8. The first-order valence-corrected chi connectivity index (χ1v) is 6.16. The molecule has 1 amide bonds. The van der Waals surface area contributed by atoms with E-state index in [9.17, 15) is 18.0 Å². The molecule has 0 saturated heterocycles. The summed E-state index contributed by atoms with van der Waals surface area (Å²) >= 11 is 2.99. The molecule has 1 rings (SSSR count). The van der Waals surface area contributed by atoms with E-state index in [2.05, 4.69) is 21.2 Å². The maximum absolute atomic E-state index is 12.8. The topological polar surface area (TPSA) is 29.1 Å². The van der Waals surface area contributed by atoms with Gasteiger partial charge in [0.15, 0.2) is 0 Å². The standard InChI is InChI=1S/C12H13BrF3NO/c1-7(2)6-17-11(18)10-8(12(14,15)16)4-3-5-9(10)13/h3-5,7H,6H2,1-2H3,(H,17,18). The van der Waals surface area contributed by atoms with Crippen LogP contribution >= 0.6 is 15.9 Å². The molecule has 6 heteroatoms. The van der Waals surface area contributed by atoms with E-state index < -0.39 is 17.6 Å². The molecule has 0 aromatic heterocycles. The summed E-state index contributed by atoms with van der Waals surface area (Å²) in [6.07, 6.45) is -4.55. The lowest BCUT2D eigenvalue weighted by Gasteiger charge is -2.15. The minimum absolute atomic E-state index is 0.138.